The first-order chi connectivity index (χ1) is 12.7. The van der Waals surface area contributed by atoms with Crippen LogP contribution in [-0.4, -0.2) is 53.7 Å². The number of halogens is 2. The maximum Gasteiger partial charge on any atom is 0.225 e. The molecule has 138 valence electrons. The second-order valence-electron chi connectivity index (χ2n) is 7.00. The van der Waals surface area contributed by atoms with Crippen molar-refractivity contribution < 1.29 is 13.5 Å². The standard InChI is InChI=1S/C19H22F2N4O/c20-15-2-5-18(6-3-15)26-13-14-1-4-17-12-25(8-7-24(17)11-14)19-22-9-16(21)10-23-19/h2-3,5-6,9-10,14,17H,1,4,7-8,11-13H2/t14?,17-/m1/s1. The number of piperidine rings is 1. The van der Waals surface area contributed by atoms with Gasteiger partial charge in [0.1, 0.15) is 11.6 Å². The third-order valence-corrected chi connectivity index (χ3v) is 5.19. The first-order valence-corrected chi connectivity index (χ1v) is 9.02. The van der Waals surface area contributed by atoms with Gasteiger partial charge in [-0.2, -0.15) is 0 Å². The van der Waals surface area contributed by atoms with Gasteiger partial charge in [0, 0.05) is 38.1 Å². The molecule has 26 heavy (non-hydrogen) atoms. The number of ether oxygens (including phenoxy) is 1. The van der Waals surface area contributed by atoms with Gasteiger partial charge >= 0.3 is 0 Å². The van der Waals surface area contributed by atoms with E-state index >= 15 is 0 Å². The van der Waals surface area contributed by atoms with Crippen LogP contribution < -0.4 is 9.64 Å². The molecule has 7 heteroatoms. The number of hydrogen-bond donors (Lipinski definition) is 0. The molecule has 2 aromatic rings. The summed E-state index contributed by atoms with van der Waals surface area (Å²) in [6.45, 7) is 4.31. The van der Waals surface area contributed by atoms with E-state index in [0.29, 0.717) is 30.3 Å². The smallest absolute Gasteiger partial charge is 0.225 e. The lowest BCUT2D eigenvalue weighted by atomic mass is 9.91. The fraction of sp³-hybridized carbons (Fsp3) is 0.474. The van der Waals surface area contributed by atoms with Crippen molar-refractivity contribution >= 4 is 5.95 Å². The molecule has 5 nitrogen and oxygen atoms in total. The van der Waals surface area contributed by atoms with E-state index in [1.807, 2.05) is 0 Å². The van der Waals surface area contributed by atoms with Crippen LogP contribution in [0.2, 0.25) is 0 Å². The minimum Gasteiger partial charge on any atom is -0.493 e. The molecule has 0 amide bonds. The second kappa shape index (κ2) is 7.53. The Kier molecular flexibility index (Phi) is 4.97. The normalized spacial score (nSPS) is 23.5. The summed E-state index contributed by atoms with van der Waals surface area (Å²) >= 11 is 0. The fourth-order valence-electron chi connectivity index (χ4n) is 3.79. The number of fused-ring (bicyclic) bond motifs is 1. The second-order valence-corrected chi connectivity index (χ2v) is 7.00. The average molecular weight is 360 g/mol. The largest absolute Gasteiger partial charge is 0.493 e. The van der Waals surface area contributed by atoms with Gasteiger partial charge in [0.05, 0.1) is 19.0 Å². The first kappa shape index (κ1) is 17.1. The predicted molar refractivity (Wildman–Crippen MR) is 94.2 cm³/mol. The highest BCUT2D eigenvalue weighted by Crippen LogP contribution is 2.27. The molecule has 1 aromatic carbocycles. The lowest BCUT2D eigenvalue weighted by molar-refractivity contribution is 0.0725. The van der Waals surface area contributed by atoms with E-state index in [1.54, 1.807) is 12.1 Å². The molecule has 1 aromatic heterocycles. The Bertz CT molecular complexity index is 725. The molecular formula is C19H22F2N4O. The zero-order valence-corrected chi connectivity index (χ0v) is 14.5. The van der Waals surface area contributed by atoms with Crippen molar-refractivity contribution in [3.63, 3.8) is 0 Å². The number of aromatic nitrogens is 2. The highest BCUT2D eigenvalue weighted by atomic mass is 19.1. The maximum absolute atomic E-state index is 13.0. The molecule has 0 N–H and O–H groups in total. The maximum atomic E-state index is 13.0. The number of anilines is 1. The van der Waals surface area contributed by atoms with E-state index in [1.165, 1.54) is 24.5 Å². The van der Waals surface area contributed by atoms with E-state index in [4.69, 9.17) is 4.74 Å². The van der Waals surface area contributed by atoms with Crippen LogP contribution in [0.25, 0.3) is 0 Å². The van der Waals surface area contributed by atoms with E-state index < -0.39 is 5.82 Å². The molecule has 2 saturated heterocycles. The Balaban J connectivity index is 1.29. The highest BCUT2D eigenvalue weighted by Gasteiger charge is 2.33. The molecule has 0 spiro atoms. The predicted octanol–water partition coefficient (Wildman–Crippen LogP) is 2.73. The van der Waals surface area contributed by atoms with Gasteiger partial charge in [0.15, 0.2) is 5.82 Å². The van der Waals surface area contributed by atoms with Crippen LogP contribution in [0.3, 0.4) is 0 Å². The summed E-state index contributed by atoms with van der Waals surface area (Å²) in [5.74, 6) is 1.14. The SMILES string of the molecule is Fc1ccc(OCC2CC[C@@H]3CN(c4ncc(F)cn4)CCN3C2)cc1. The van der Waals surface area contributed by atoms with Gasteiger partial charge in [-0.3, -0.25) is 4.90 Å². The highest BCUT2D eigenvalue weighted by molar-refractivity contribution is 5.30. The Labute approximate surface area is 151 Å². The number of rotatable bonds is 4. The van der Waals surface area contributed by atoms with Crippen molar-refractivity contribution in [1.29, 1.82) is 0 Å². The zero-order chi connectivity index (χ0) is 17.9. The molecule has 3 heterocycles. The molecule has 2 atom stereocenters. The van der Waals surface area contributed by atoms with Crippen molar-refractivity contribution in [2.75, 3.05) is 37.7 Å². The third-order valence-electron chi connectivity index (χ3n) is 5.19. The first-order valence-electron chi connectivity index (χ1n) is 9.02. The van der Waals surface area contributed by atoms with Gasteiger partial charge in [0.2, 0.25) is 5.95 Å². The van der Waals surface area contributed by atoms with Crippen molar-refractivity contribution in [2.24, 2.45) is 5.92 Å². The van der Waals surface area contributed by atoms with Crippen LogP contribution >= 0.6 is 0 Å². The minimum atomic E-state index is -0.408. The summed E-state index contributed by atoms with van der Waals surface area (Å²) in [4.78, 5) is 12.8. The topological polar surface area (TPSA) is 41.5 Å². The molecule has 0 saturated carbocycles. The molecule has 2 aliphatic heterocycles. The van der Waals surface area contributed by atoms with Gasteiger partial charge in [-0.1, -0.05) is 0 Å². The molecule has 2 aliphatic rings. The molecule has 0 bridgehead atoms. The summed E-state index contributed by atoms with van der Waals surface area (Å²) in [6.07, 6.45) is 4.63. The van der Waals surface area contributed by atoms with Crippen LogP contribution in [0.5, 0.6) is 5.75 Å². The fourth-order valence-corrected chi connectivity index (χ4v) is 3.79. The van der Waals surface area contributed by atoms with Crippen LogP contribution in [0.1, 0.15) is 12.8 Å². The zero-order valence-electron chi connectivity index (χ0n) is 14.5. The summed E-state index contributed by atoms with van der Waals surface area (Å²) in [5.41, 5.74) is 0. The van der Waals surface area contributed by atoms with Crippen LogP contribution in [0.4, 0.5) is 14.7 Å². The van der Waals surface area contributed by atoms with E-state index in [-0.39, 0.29) is 5.82 Å². The lowest BCUT2D eigenvalue weighted by Crippen LogP contribution is -2.57. The number of nitrogens with zero attached hydrogens (tertiary/aromatic N) is 4. The molecular weight excluding hydrogens is 338 g/mol. The van der Waals surface area contributed by atoms with Crippen molar-refractivity contribution in [1.82, 2.24) is 14.9 Å². The van der Waals surface area contributed by atoms with Gasteiger partial charge in [-0.25, -0.2) is 18.7 Å². The van der Waals surface area contributed by atoms with Gasteiger partial charge < -0.3 is 9.64 Å². The Morgan fingerprint density at radius 1 is 0.962 bits per heavy atom. The van der Waals surface area contributed by atoms with E-state index in [9.17, 15) is 8.78 Å². The van der Waals surface area contributed by atoms with Crippen molar-refractivity contribution in [3.05, 3.63) is 48.3 Å². The monoisotopic (exact) mass is 360 g/mol. The lowest BCUT2D eigenvalue weighted by Gasteiger charge is -2.46. The van der Waals surface area contributed by atoms with E-state index in [0.717, 1.165) is 39.0 Å². The molecule has 1 unspecified atom stereocenters. The van der Waals surface area contributed by atoms with Gasteiger partial charge in [-0.15, -0.1) is 0 Å². The summed E-state index contributed by atoms with van der Waals surface area (Å²) in [7, 11) is 0. The van der Waals surface area contributed by atoms with Crippen LogP contribution in [0.15, 0.2) is 36.7 Å². The van der Waals surface area contributed by atoms with Gasteiger partial charge in [0.25, 0.3) is 0 Å². The number of hydrogen-bond acceptors (Lipinski definition) is 5. The quantitative estimate of drug-likeness (QED) is 0.839. The summed E-state index contributed by atoms with van der Waals surface area (Å²) in [6, 6.07) is 6.65. The van der Waals surface area contributed by atoms with Crippen LogP contribution in [0, 0.1) is 17.6 Å². The van der Waals surface area contributed by atoms with E-state index in [2.05, 4.69) is 19.8 Å². The molecule has 0 aliphatic carbocycles. The molecule has 0 radical (unpaired) electrons. The number of piperazine rings is 1. The molecule has 2 fully saturated rings. The van der Waals surface area contributed by atoms with Gasteiger partial charge in [-0.05, 0) is 37.1 Å². The summed E-state index contributed by atoms with van der Waals surface area (Å²) in [5, 5.41) is 0. The Morgan fingerprint density at radius 2 is 1.73 bits per heavy atom. The van der Waals surface area contributed by atoms with Crippen molar-refractivity contribution in [2.45, 2.75) is 18.9 Å². The Hall–Kier alpha value is -2.28. The average Bonchev–Trinajstić information content (AvgIpc) is 2.67. The third kappa shape index (κ3) is 3.93. The number of benzene rings is 1. The Morgan fingerprint density at radius 3 is 2.50 bits per heavy atom. The minimum absolute atomic E-state index is 0.249. The van der Waals surface area contributed by atoms with Crippen molar-refractivity contribution in [3.8, 4) is 5.75 Å². The van der Waals surface area contributed by atoms with Crippen LogP contribution in [-0.2, 0) is 0 Å². The molecule has 4 rings (SSSR count). The summed E-state index contributed by atoms with van der Waals surface area (Å²) < 4.78 is 31.8.